The number of sulfonamides is 1. The van der Waals surface area contributed by atoms with E-state index >= 15 is 0 Å². The van der Waals surface area contributed by atoms with E-state index in [0.717, 1.165) is 30.8 Å². The number of hydrogen-bond acceptors (Lipinski definition) is 6. The van der Waals surface area contributed by atoms with Crippen LogP contribution in [0.15, 0.2) is 42.5 Å². The van der Waals surface area contributed by atoms with Crippen molar-refractivity contribution in [2.45, 2.75) is 0 Å². The Morgan fingerprint density at radius 1 is 1.04 bits per heavy atom. The number of ether oxygens (including phenoxy) is 1. The van der Waals surface area contributed by atoms with Crippen molar-refractivity contribution < 1.29 is 23.1 Å². The highest BCUT2D eigenvalue weighted by molar-refractivity contribution is 7.92. The van der Waals surface area contributed by atoms with Crippen LogP contribution in [-0.4, -0.2) is 59.0 Å². The first-order chi connectivity index (χ1) is 13.3. The third kappa shape index (κ3) is 4.66. The highest BCUT2D eigenvalue weighted by Crippen LogP contribution is 2.30. The van der Waals surface area contributed by atoms with Gasteiger partial charge in [-0.2, -0.15) is 0 Å². The van der Waals surface area contributed by atoms with E-state index in [1.165, 1.54) is 12.1 Å². The summed E-state index contributed by atoms with van der Waals surface area (Å²) < 4.78 is 31.0. The second-order valence-electron chi connectivity index (χ2n) is 6.58. The Morgan fingerprint density at radius 3 is 2.18 bits per heavy atom. The summed E-state index contributed by atoms with van der Waals surface area (Å²) in [6, 6.07) is 12.3. The first kappa shape index (κ1) is 19.8. The van der Waals surface area contributed by atoms with Gasteiger partial charge in [0.05, 0.1) is 30.3 Å². The molecule has 0 radical (unpaired) electrons. The quantitative estimate of drug-likeness (QED) is 0.759. The molecule has 2 aromatic rings. The van der Waals surface area contributed by atoms with Crippen molar-refractivity contribution in [2.75, 3.05) is 54.1 Å². The topological polar surface area (TPSA) is 99.2 Å². The second kappa shape index (κ2) is 7.97. The Bertz CT molecular complexity index is 952. The number of carboxylic acids is 1. The predicted molar refractivity (Wildman–Crippen MR) is 109 cm³/mol. The molecule has 150 valence electrons. The number of nitrogens with one attached hydrogen (secondary N) is 1. The molecule has 9 heteroatoms. The number of methoxy groups -OCH3 is 1. The van der Waals surface area contributed by atoms with Gasteiger partial charge in [0.2, 0.25) is 10.0 Å². The number of anilines is 3. The minimum Gasteiger partial charge on any atom is -0.497 e. The fourth-order valence-electron chi connectivity index (χ4n) is 3.22. The van der Waals surface area contributed by atoms with Gasteiger partial charge in [-0.1, -0.05) is 0 Å². The first-order valence-corrected chi connectivity index (χ1v) is 10.6. The lowest BCUT2D eigenvalue weighted by Gasteiger charge is -2.38. The van der Waals surface area contributed by atoms with E-state index in [1.54, 1.807) is 13.2 Å². The molecule has 1 aliphatic heterocycles. The number of rotatable bonds is 6. The van der Waals surface area contributed by atoms with E-state index in [0.29, 0.717) is 18.8 Å². The standard InChI is InChI=1S/C19H23N3O5S/c1-27-16-6-4-15(5-7-16)21-9-11-22(12-10-21)18-8-3-14(19(23)24)13-17(18)20-28(2,25)26/h3-8,13,20H,9-12H2,1-2H3,(H,23,24). The Hall–Kier alpha value is -2.94. The van der Waals surface area contributed by atoms with Crippen LogP contribution in [0.1, 0.15) is 10.4 Å². The van der Waals surface area contributed by atoms with Crippen molar-refractivity contribution in [3.8, 4) is 5.75 Å². The number of carboxylic acid groups (broad SMARTS) is 1. The van der Waals surface area contributed by atoms with Gasteiger partial charge in [-0.3, -0.25) is 4.72 Å². The van der Waals surface area contributed by atoms with Crippen LogP contribution in [0.25, 0.3) is 0 Å². The van der Waals surface area contributed by atoms with Gasteiger partial charge >= 0.3 is 5.97 Å². The van der Waals surface area contributed by atoms with E-state index in [4.69, 9.17) is 4.74 Å². The molecule has 1 aliphatic rings. The van der Waals surface area contributed by atoms with Gasteiger partial charge in [-0.15, -0.1) is 0 Å². The summed E-state index contributed by atoms with van der Waals surface area (Å²) in [6.07, 6.45) is 1.05. The molecule has 1 fully saturated rings. The SMILES string of the molecule is COc1ccc(N2CCN(c3ccc(C(=O)O)cc3NS(C)(=O)=O)CC2)cc1. The van der Waals surface area contributed by atoms with Crippen LogP contribution in [-0.2, 0) is 10.0 Å². The second-order valence-corrected chi connectivity index (χ2v) is 8.33. The molecular weight excluding hydrogens is 382 g/mol. The molecule has 28 heavy (non-hydrogen) atoms. The molecule has 0 spiro atoms. The number of benzene rings is 2. The van der Waals surface area contributed by atoms with Crippen LogP contribution >= 0.6 is 0 Å². The Balaban J connectivity index is 1.78. The van der Waals surface area contributed by atoms with Crippen molar-refractivity contribution >= 4 is 33.1 Å². The van der Waals surface area contributed by atoms with E-state index in [1.807, 2.05) is 24.3 Å². The van der Waals surface area contributed by atoms with Gasteiger partial charge in [-0.05, 0) is 42.5 Å². The zero-order valence-corrected chi connectivity index (χ0v) is 16.6. The minimum absolute atomic E-state index is 0.0340. The molecule has 1 heterocycles. The fraction of sp³-hybridized carbons (Fsp3) is 0.316. The van der Waals surface area contributed by atoms with Crippen molar-refractivity contribution in [2.24, 2.45) is 0 Å². The molecule has 0 amide bonds. The van der Waals surface area contributed by atoms with Crippen LogP contribution in [0.2, 0.25) is 0 Å². The summed E-state index contributed by atoms with van der Waals surface area (Å²) in [4.78, 5) is 15.5. The van der Waals surface area contributed by atoms with E-state index in [9.17, 15) is 18.3 Å². The fourth-order valence-corrected chi connectivity index (χ4v) is 3.79. The van der Waals surface area contributed by atoms with Crippen molar-refractivity contribution in [1.29, 1.82) is 0 Å². The summed E-state index contributed by atoms with van der Waals surface area (Å²) >= 11 is 0. The summed E-state index contributed by atoms with van der Waals surface area (Å²) in [7, 11) is -1.90. The van der Waals surface area contributed by atoms with Gasteiger partial charge in [0.1, 0.15) is 5.75 Å². The average Bonchev–Trinajstić information content (AvgIpc) is 2.67. The molecular formula is C19H23N3O5S. The lowest BCUT2D eigenvalue weighted by molar-refractivity contribution is 0.0697. The zero-order chi connectivity index (χ0) is 20.3. The van der Waals surface area contributed by atoms with Crippen LogP contribution in [0.3, 0.4) is 0 Å². The maximum Gasteiger partial charge on any atom is 0.335 e. The normalized spacial score (nSPS) is 14.6. The maximum absolute atomic E-state index is 11.7. The van der Waals surface area contributed by atoms with Crippen LogP contribution in [0, 0.1) is 0 Å². The van der Waals surface area contributed by atoms with Gasteiger partial charge in [0.25, 0.3) is 0 Å². The lowest BCUT2D eigenvalue weighted by atomic mass is 10.1. The summed E-state index contributed by atoms with van der Waals surface area (Å²) in [6.45, 7) is 2.87. The minimum atomic E-state index is -3.53. The molecule has 2 N–H and O–H groups in total. The third-order valence-electron chi connectivity index (χ3n) is 4.60. The van der Waals surface area contributed by atoms with Gasteiger partial charge in [0.15, 0.2) is 0 Å². The van der Waals surface area contributed by atoms with Gasteiger partial charge in [-0.25, -0.2) is 13.2 Å². The molecule has 0 aliphatic carbocycles. The molecule has 0 unspecified atom stereocenters. The smallest absolute Gasteiger partial charge is 0.335 e. The van der Waals surface area contributed by atoms with Crippen LogP contribution in [0.4, 0.5) is 17.1 Å². The summed E-state index contributed by atoms with van der Waals surface area (Å²) in [5.74, 6) is -0.301. The number of aromatic carboxylic acids is 1. The first-order valence-electron chi connectivity index (χ1n) is 8.76. The number of nitrogens with zero attached hydrogens (tertiary/aromatic N) is 2. The Labute approximate surface area is 164 Å². The predicted octanol–water partition coefficient (Wildman–Crippen LogP) is 2.09. The molecule has 3 rings (SSSR count). The monoisotopic (exact) mass is 405 g/mol. The van der Waals surface area contributed by atoms with E-state index in [2.05, 4.69) is 14.5 Å². The third-order valence-corrected chi connectivity index (χ3v) is 5.19. The van der Waals surface area contributed by atoms with Crippen molar-refractivity contribution in [3.05, 3.63) is 48.0 Å². The van der Waals surface area contributed by atoms with E-state index in [-0.39, 0.29) is 11.3 Å². The van der Waals surface area contributed by atoms with Gasteiger partial charge in [0, 0.05) is 31.9 Å². The highest BCUT2D eigenvalue weighted by Gasteiger charge is 2.21. The Kier molecular flexibility index (Phi) is 5.64. The molecule has 0 aromatic heterocycles. The Morgan fingerprint density at radius 2 is 1.64 bits per heavy atom. The number of hydrogen-bond donors (Lipinski definition) is 2. The average molecular weight is 405 g/mol. The molecule has 8 nitrogen and oxygen atoms in total. The summed E-state index contributed by atoms with van der Waals surface area (Å²) in [5, 5.41) is 9.20. The molecule has 0 bridgehead atoms. The maximum atomic E-state index is 11.7. The lowest BCUT2D eigenvalue weighted by Crippen LogP contribution is -2.46. The van der Waals surface area contributed by atoms with Crippen molar-refractivity contribution in [1.82, 2.24) is 0 Å². The van der Waals surface area contributed by atoms with Gasteiger partial charge < -0.3 is 19.6 Å². The number of carbonyl (C=O) groups is 1. The number of piperazine rings is 1. The summed E-state index contributed by atoms with van der Waals surface area (Å²) in [5.41, 5.74) is 2.08. The highest BCUT2D eigenvalue weighted by atomic mass is 32.2. The van der Waals surface area contributed by atoms with E-state index < -0.39 is 16.0 Å². The van der Waals surface area contributed by atoms with Crippen molar-refractivity contribution in [3.63, 3.8) is 0 Å². The van der Waals surface area contributed by atoms with Crippen LogP contribution < -0.4 is 19.3 Å². The largest absolute Gasteiger partial charge is 0.497 e. The van der Waals surface area contributed by atoms with Crippen LogP contribution in [0.5, 0.6) is 5.75 Å². The molecule has 0 atom stereocenters. The molecule has 2 aromatic carbocycles. The zero-order valence-electron chi connectivity index (χ0n) is 15.8. The molecule has 0 saturated carbocycles. The molecule has 1 saturated heterocycles.